The standard InChI is InChI=1S/C9H11FOS2/c1-6(13-12)7-4-3-5-8(10)9(7)11-2/h3-6,13H,1-2H3. The predicted octanol–water partition coefficient (Wildman–Crippen LogP) is 2.17. The van der Waals surface area contributed by atoms with Crippen LogP contribution in [0.5, 0.6) is 5.75 Å². The summed E-state index contributed by atoms with van der Waals surface area (Å²) < 4.78 is 18.2. The van der Waals surface area contributed by atoms with Crippen LogP contribution in [-0.2, 0) is 21.5 Å². The quantitative estimate of drug-likeness (QED) is 0.779. The number of hydrogen-bond donors (Lipinski definition) is 1. The Kier molecular flexibility index (Phi) is 3.81. The van der Waals surface area contributed by atoms with Gasteiger partial charge in [-0.1, -0.05) is 23.3 Å². The van der Waals surface area contributed by atoms with E-state index in [4.69, 9.17) is 15.9 Å². The normalized spacial score (nSPS) is 12.5. The first-order valence-corrected chi connectivity index (χ1v) is 5.83. The molecule has 4 heteroatoms. The summed E-state index contributed by atoms with van der Waals surface area (Å²) in [5.74, 6) is -0.0159. The minimum absolute atomic E-state index is 0.126. The van der Waals surface area contributed by atoms with Crippen LogP contribution < -0.4 is 4.74 Å². The maximum Gasteiger partial charge on any atom is 0.165 e. The van der Waals surface area contributed by atoms with Crippen molar-refractivity contribution < 1.29 is 9.13 Å². The molecule has 0 spiro atoms. The van der Waals surface area contributed by atoms with Crippen LogP contribution in [0.25, 0.3) is 0 Å². The Morgan fingerprint density at radius 1 is 1.54 bits per heavy atom. The van der Waals surface area contributed by atoms with Gasteiger partial charge in [0.05, 0.1) is 7.11 Å². The molecular formula is C9H11FOS2. The second kappa shape index (κ2) is 4.67. The van der Waals surface area contributed by atoms with Gasteiger partial charge in [-0.2, -0.15) is 0 Å². The maximum atomic E-state index is 13.2. The van der Waals surface area contributed by atoms with Gasteiger partial charge in [0, 0.05) is 10.8 Å². The molecule has 0 aromatic heterocycles. The molecule has 1 nitrogen and oxygen atoms in total. The third kappa shape index (κ3) is 2.25. The lowest BCUT2D eigenvalue weighted by Crippen LogP contribution is -1.98. The fourth-order valence-electron chi connectivity index (χ4n) is 1.13. The van der Waals surface area contributed by atoms with E-state index < -0.39 is 0 Å². The van der Waals surface area contributed by atoms with E-state index in [9.17, 15) is 4.39 Å². The lowest BCUT2D eigenvalue weighted by molar-refractivity contribution is 0.381. The highest BCUT2D eigenvalue weighted by Gasteiger charge is 2.12. The second-order valence-corrected chi connectivity index (χ2v) is 4.26. The lowest BCUT2D eigenvalue weighted by atomic mass is 10.1. The topological polar surface area (TPSA) is 9.23 Å². The van der Waals surface area contributed by atoms with Crippen LogP contribution in [0.15, 0.2) is 18.2 Å². The van der Waals surface area contributed by atoms with E-state index in [0.717, 1.165) is 15.9 Å². The summed E-state index contributed by atoms with van der Waals surface area (Å²) in [5.41, 5.74) is 0.833. The molecule has 0 radical (unpaired) electrons. The molecule has 0 amide bonds. The molecule has 0 N–H and O–H groups in total. The summed E-state index contributed by atoms with van der Waals surface area (Å²) in [6, 6.07) is 4.89. The van der Waals surface area contributed by atoms with Gasteiger partial charge in [0.1, 0.15) is 0 Å². The fraction of sp³-hybridized carbons (Fsp3) is 0.333. The summed E-state index contributed by atoms with van der Waals surface area (Å²) in [6.45, 7) is 1.95. The van der Waals surface area contributed by atoms with E-state index in [1.165, 1.54) is 13.2 Å². The zero-order valence-electron chi connectivity index (χ0n) is 7.45. The van der Waals surface area contributed by atoms with Gasteiger partial charge in [-0.05, 0) is 13.0 Å². The summed E-state index contributed by atoms with van der Waals surface area (Å²) in [7, 11) is 2.26. The minimum Gasteiger partial charge on any atom is -0.493 e. The van der Waals surface area contributed by atoms with Crippen molar-refractivity contribution in [3.05, 3.63) is 29.6 Å². The van der Waals surface area contributed by atoms with E-state index in [-0.39, 0.29) is 11.1 Å². The first-order chi connectivity index (χ1) is 6.20. The predicted molar refractivity (Wildman–Crippen MR) is 57.5 cm³/mol. The Bertz CT molecular complexity index is 314. The average molecular weight is 218 g/mol. The Morgan fingerprint density at radius 2 is 2.23 bits per heavy atom. The van der Waals surface area contributed by atoms with Crippen LogP contribution in [0.2, 0.25) is 0 Å². The van der Waals surface area contributed by atoms with E-state index in [2.05, 4.69) is 0 Å². The third-order valence-electron chi connectivity index (χ3n) is 1.81. The van der Waals surface area contributed by atoms with Gasteiger partial charge in [0.25, 0.3) is 0 Å². The number of halogens is 1. The first-order valence-electron chi connectivity index (χ1n) is 3.85. The molecule has 1 unspecified atom stereocenters. The van der Waals surface area contributed by atoms with Crippen molar-refractivity contribution in [3.8, 4) is 5.75 Å². The van der Waals surface area contributed by atoms with E-state index in [0.29, 0.717) is 5.75 Å². The molecule has 0 bridgehead atoms. The van der Waals surface area contributed by atoms with Gasteiger partial charge < -0.3 is 4.74 Å². The van der Waals surface area contributed by atoms with Gasteiger partial charge in [-0.3, -0.25) is 0 Å². The molecular weight excluding hydrogens is 207 g/mol. The van der Waals surface area contributed by atoms with Crippen molar-refractivity contribution in [2.75, 3.05) is 7.11 Å². The number of ether oxygens (including phenoxy) is 1. The molecule has 0 heterocycles. The molecule has 0 fully saturated rings. The number of hydrogen-bond acceptors (Lipinski definition) is 2. The monoisotopic (exact) mass is 218 g/mol. The van der Waals surface area contributed by atoms with E-state index in [1.54, 1.807) is 6.07 Å². The van der Waals surface area contributed by atoms with E-state index in [1.807, 2.05) is 13.0 Å². The molecule has 1 rings (SSSR count). The zero-order chi connectivity index (χ0) is 9.84. The van der Waals surface area contributed by atoms with Crippen molar-refractivity contribution in [2.24, 2.45) is 0 Å². The lowest BCUT2D eigenvalue weighted by Gasteiger charge is -2.11. The van der Waals surface area contributed by atoms with Gasteiger partial charge >= 0.3 is 0 Å². The molecule has 0 aliphatic rings. The van der Waals surface area contributed by atoms with Crippen molar-refractivity contribution >= 4 is 21.5 Å². The summed E-state index contributed by atoms with van der Waals surface area (Å²) in [4.78, 5) is 0. The van der Waals surface area contributed by atoms with Crippen molar-refractivity contribution in [1.29, 1.82) is 0 Å². The summed E-state index contributed by atoms with van der Waals surface area (Å²) in [6.07, 6.45) is 0. The van der Waals surface area contributed by atoms with Crippen molar-refractivity contribution in [1.82, 2.24) is 0 Å². The minimum atomic E-state index is -0.328. The molecule has 0 saturated carbocycles. The van der Waals surface area contributed by atoms with Gasteiger partial charge in [-0.25, -0.2) is 4.39 Å². The SMILES string of the molecule is COc1c(F)cccc1C(C)[SH]=S. The Balaban J connectivity index is 3.19. The summed E-state index contributed by atoms with van der Waals surface area (Å²) >= 11 is 4.90. The average Bonchev–Trinajstić information content (AvgIpc) is 2.16. The number of thiol groups is 1. The van der Waals surface area contributed by atoms with Gasteiger partial charge in [0.2, 0.25) is 0 Å². The molecule has 72 valence electrons. The Labute approximate surface area is 85.5 Å². The van der Waals surface area contributed by atoms with Crippen LogP contribution in [0.1, 0.15) is 17.7 Å². The van der Waals surface area contributed by atoms with Gasteiger partial charge in [0.15, 0.2) is 11.6 Å². The number of methoxy groups -OCH3 is 1. The number of para-hydroxylation sites is 1. The number of benzene rings is 1. The van der Waals surface area contributed by atoms with Crippen molar-refractivity contribution in [2.45, 2.75) is 12.2 Å². The highest BCUT2D eigenvalue weighted by Crippen LogP contribution is 2.28. The number of rotatable bonds is 3. The first kappa shape index (κ1) is 10.6. The second-order valence-electron chi connectivity index (χ2n) is 2.64. The van der Waals surface area contributed by atoms with Crippen LogP contribution in [-0.4, -0.2) is 7.11 Å². The molecule has 13 heavy (non-hydrogen) atoms. The van der Waals surface area contributed by atoms with Crippen LogP contribution >= 0.6 is 0 Å². The molecule has 0 aliphatic heterocycles. The zero-order valence-corrected chi connectivity index (χ0v) is 9.16. The Hall–Kier alpha value is -0.480. The molecule has 0 saturated heterocycles. The Morgan fingerprint density at radius 3 is 2.77 bits per heavy atom. The summed E-state index contributed by atoms with van der Waals surface area (Å²) in [5, 5.41) is 0.126. The molecule has 1 atom stereocenters. The van der Waals surface area contributed by atoms with Crippen LogP contribution in [0.3, 0.4) is 0 Å². The fourth-order valence-corrected chi connectivity index (χ4v) is 1.78. The largest absolute Gasteiger partial charge is 0.493 e. The van der Waals surface area contributed by atoms with Gasteiger partial charge in [-0.15, -0.1) is 10.3 Å². The highest BCUT2D eigenvalue weighted by atomic mass is 32.8. The maximum absolute atomic E-state index is 13.2. The molecule has 0 aliphatic carbocycles. The van der Waals surface area contributed by atoms with Crippen LogP contribution in [0.4, 0.5) is 4.39 Å². The highest BCUT2D eigenvalue weighted by molar-refractivity contribution is 8.18. The van der Waals surface area contributed by atoms with Crippen molar-refractivity contribution in [3.63, 3.8) is 0 Å². The third-order valence-corrected chi connectivity index (χ3v) is 3.35. The smallest absolute Gasteiger partial charge is 0.165 e. The molecule has 1 aromatic rings. The van der Waals surface area contributed by atoms with Crippen LogP contribution in [0, 0.1) is 5.82 Å². The van der Waals surface area contributed by atoms with E-state index >= 15 is 0 Å². The molecule has 1 aromatic carbocycles.